The molecule has 0 fully saturated rings. The maximum Gasteiger partial charge on any atom is 0.270 e. The summed E-state index contributed by atoms with van der Waals surface area (Å²) in [4.78, 5) is 11.8. The Hall–Kier alpha value is -2.03. The number of hydrogen-bond acceptors (Lipinski definition) is 1. The summed E-state index contributed by atoms with van der Waals surface area (Å²) in [6, 6.07) is 11.7. The van der Waals surface area contributed by atoms with Crippen LogP contribution < -0.4 is 5.56 Å². The minimum absolute atomic E-state index is 0.0441. The second-order valence-corrected chi connectivity index (χ2v) is 3.68. The summed E-state index contributed by atoms with van der Waals surface area (Å²) in [6.07, 6.45) is 0. The van der Waals surface area contributed by atoms with Gasteiger partial charge in [-0.25, -0.2) is 0 Å². The van der Waals surface area contributed by atoms with Crippen molar-refractivity contribution in [3.63, 3.8) is 0 Å². The van der Waals surface area contributed by atoms with Crippen LogP contribution in [0, 0.1) is 6.92 Å². The molecular formula is C12H10N2O. The number of nitrogens with zero attached hydrogens (tertiary/aromatic N) is 1. The van der Waals surface area contributed by atoms with Crippen molar-refractivity contribution in [3.8, 4) is 0 Å². The van der Waals surface area contributed by atoms with Crippen molar-refractivity contribution in [3.05, 3.63) is 52.4 Å². The van der Waals surface area contributed by atoms with E-state index in [1.54, 1.807) is 0 Å². The molecule has 0 unspecified atom stereocenters. The predicted octanol–water partition coefficient (Wildman–Crippen LogP) is 2.09. The van der Waals surface area contributed by atoms with Crippen LogP contribution in [-0.4, -0.2) is 9.61 Å². The maximum absolute atomic E-state index is 11.8. The van der Waals surface area contributed by atoms with E-state index in [0.29, 0.717) is 0 Å². The first kappa shape index (κ1) is 8.29. The molecule has 3 heteroatoms. The molecule has 15 heavy (non-hydrogen) atoms. The third kappa shape index (κ3) is 1.03. The average Bonchev–Trinajstić information content (AvgIpc) is 2.62. The van der Waals surface area contributed by atoms with Crippen molar-refractivity contribution in [1.29, 1.82) is 0 Å². The fraction of sp³-hybridized carbons (Fsp3) is 0.0833. The minimum Gasteiger partial charge on any atom is -0.267 e. The highest BCUT2D eigenvalue weighted by molar-refractivity contribution is 5.95. The lowest BCUT2D eigenvalue weighted by Crippen LogP contribution is -2.12. The molecule has 74 valence electrons. The van der Waals surface area contributed by atoms with Crippen molar-refractivity contribution >= 4 is 16.3 Å². The Kier molecular flexibility index (Phi) is 1.51. The molecule has 0 radical (unpaired) electrons. The fourth-order valence-corrected chi connectivity index (χ4v) is 1.96. The Labute approximate surface area is 85.9 Å². The molecule has 0 spiro atoms. The van der Waals surface area contributed by atoms with E-state index in [9.17, 15) is 4.79 Å². The lowest BCUT2D eigenvalue weighted by Gasteiger charge is -2.02. The van der Waals surface area contributed by atoms with Gasteiger partial charge < -0.3 is 0 Å². The van der Waals surface area contributed by atoms with Gasteiger partial charge in [-0.2, -0.15) is 0 Å². The number of fused-ring (bicyclic) bond motifs is 3. The molecule has 3 aromatic rings. The highest BCUT2D eigenvalue weighted by Crippen LogP contribution is 2.17. The van der Waals surface area contributed by atoms with Crippen molar-refractivity contribution in [1.82, 2.24) is 9.61 Å². The van der Waals surface area contributed by atoms with E-state index in [-0.39, 0.29) is 5.56 Å². The lowest BCUT2D eigenvalue weighted by molar-refractivity contribution is 0.887. The number of H-pyrrole nitrogens is 1. The molecule has 1 aromatic carbocycles. The van der Waals surface area contributed by atoms with E-state index in [1.807, 2.05) is 47.8 Å². The summed E-state index contributed by atoms with van der Waals surface area (Å²) < 4.78 is 1.82. The van der Waals surface area contributed by atoms with Crippen LogP contribution in [0.1, 0.15) is 5.69 Å². The SMILES string of the molecule is Cc1ccc2c3ccccc3c(=O)[nH]n12. The topological polar surface area (TPSA) is 37.3 Å². The van der Waals surface area contributed by atoms with Crippen LogP contribution in [-0.2, 0) is 0 Å². The van der Waals surface area contributed by atoms with E-state index >= 15 is 0 Å². The maximum atomic E-state index is 11.8. The van der Waals surface area contributed by atoms with E-state index in [1.165, 1.54) is 0 Å². The molecule has 0 amide bonds. The van der Waals surface area contributed by atoms with Gasteiger partial charge in [0, 0.05) is 11.1 Å². The molecule has 2 aromatic heterocycles. The van der Waals surface area contributed by atoms with Gasteiger partial charge in [0.25, 0.3) is 5.56 Å². The fourth-order valence-electron chi connectivity index (χ4n) is 1.96. The smallest absolute Gasteiger partial charge is 0.267 e. The van der Waals surface area contributed by atoms with Gasteiger partial charge in [0.1, 0.15) is 0 Å². The van der Waals surface area contributed by atoms with Gasteiger partial charge in [-0.15, -0.1) is 0 Å². The Morgan fingerprint density at radius 2 is 1.80 bits per heavy atom. The molecule has 0 atom stereocenters. The number of benzene rings is 1. The van der Waals surface area contributed by atoms with Gasteiger partial charge in [0.15, 0.2) is 0 Å². The molecule has 1 N–H and O–H groups in total. The van der Waals surface area contributed by atoms with E-state index in [0.717, 1.165) is 22.0 Å². The zero-order chi connectivity index (χ0) is 10.4. The van der Waals surface area contributed by atoms with Crippen LogP contribution >= 0.6 is 0 Å². The van der Waals surface area contributed by atoms with E-state index in [4.69, 9.17) is 0 Å². The summed E-state index contributed by atoms with van der Waals surface area (Å²) in [5.74, 6) is 0. The van der Waals surface area contributed by atoms with Crippen LogP contribution in [0.25, 0.3) is 16.3 Å². The first-order chi connectivity index (χ1) is 7.27. The van der Waals surface area contributed by atoms with E-state index < -0.39 is 0 Å². The summed E-state index contributed by atoms with van der Waals surface area (Å²) in [7, 11) is 0. The van der Waals surface area contributed by atoms with Crippen LogP contribution in [0.4, 0.5) is 0 Å². The van der Waals surface area contributed by atoms with E-state index in [2.05, 4.69) is 5.10 Å². The Bertz CT molecular complexity index is 706. The molecule has 3 rings (SSSR count). The quantitative estimate of drug-likeness (QED) is 0.590. The first-order valence-electron chi connectivity index (χ1n) is 4.86. The second kappa shape index (κ2) is 2.73. The largest absolute Gasteiger partial charge is 0.270 e. The number of aromatic nitrogens is 2. The second-order valence-electron chi connectivity index (χ2n) is 3.68. The molecule has 0 aliphatic carbocycles. The molecular weight excluding hydrogens is 188 g/mol. The molecule has 0 saturated heterocycles. The normalized spacial score (nSPS) is 11.3. The molecule has 2 heterocycles. The van der Waals surface area contributed by atoms with Gasteiger partial charge in [-0.05, 0) is 25.1 Å². The number of aryl methyl sites for hydroxylation is 1. The summed E-state index contributed by atoms with van der Waals surface area (Å²) in [5, 5.41) is 4.58. The third-order valence-electron chi connectivity index (χ3n) is 2.74. The van der Waals surface area contributed by atoms with Crippen molar-refractivity contribution in [2.24, 2.45) is 0 Å². The lowest BCUT2D eigenvalue weighted by atomic mass is 10.2. The van der Waals surface area contributed by atoms with Crippen molar-refractivity contribution < 1.29 is 0 Å². The van der Waals surface area contributed by atoms with Crippen LogP contribution in [0.3, 0.4) is 0 Å². The summed E-state index contributed by atoms with van der Waals surface area (Å²) >= 11 is 0. The Balaban J connectivity index is 2.71. The Morgan fingerprint density at radius 3 is 2.60 bits per heavy atom. The summed E-state index contributed by atoms with van der Waals surface area (Å²) in [5.41, 5.74) is 2.04. The van der Waals surface area contributed by atoms with Gasteiger partial charge in [0.2, 0.25) is 0 Å². The minimum atomic E-state index is -0.0441. The average molecular weight is 198 g/mol. The highest BCUT2D eigenvalue weighted by Gasteiger charge is 2.05. The summed E-state index contributed by atoms with van der Waals surface area (Å²) in [6.45, 7) is 1.97. The van der Waals surface area contributed by atoms with Gasteiger partial charge >= 0.3 is 0 Å². The Morgan fingerprint density at radius 1 is 1.07 bits per heavy atom. The zero-order valence-corrected chi connectivity index (χ0v) is 8.32. The number of hydrogen-bond donors (Lipinski definition) is 1. The molecule has 0 aliphatic rings. The third-order valence-corrected chi connectivity index (χ3v) is 2.74. The monoisotopic (exact) mass is 198 g/mol. The molecule has 0 aliphatic heterocycles. The van der Waals surface area contributed by atoms with Gasteiger partial charge in [-0.3, -0.25) is 14.4 Å². The van der Waals surface area contributed by atoms with Crippen LogP contribution in [0.15, 0.2) is 41.2 Å². The van der Waals surface area contributed by atoms with Gasteiger partial charge in [0.05, 0.1) is 10.9 Å². The van der Waals surface area contributed by atoms with Crippen LogP contribution in [0.2, 0.25) is 0 Å². The van der Waals surface area contributed by atoms with Crippen LogP contribution in [0.5, 0.6) is 0 Å². The predicted molar refractivity (Wildman–Crippen MR) is 60.3 cm³/mol. The highest BCUT2D eigenvalue weighted by atomic mass is 16.1. The number of rotatable bonds is 0. The van der Waals surface area contributed by atoms with Gasteiger partial charge in [-0.1, -0.05) is 18.2 Å². The number of nitrogens with one attached hydrogen (secondary N) is 1. The molecule has 0 bridgehead atoms. The standard InChI is InChI=1S/C12H10N2O/c1-8-6-7-11-9-4-2-3-5-10(9)12(15)13-14(8)11/h2-7H,1H3,(H,13,15). The molecule has 3 nitrogen and oxygen atoms in total. The first-order valence-corrected chi connectivity index (χ1v) is 4.86. The molecule has 0 saturated carbocycles. The van der Waals surface area contributed by atoms with Crippen molar-refractivity contribution in [2.45, 2.75) is 6.92 Å². The number of aromatic amines is 1. The zero-order valence-electron chi connectivity index (χ0n) is 8.32. The van der Waals surface area contributed by atoms with Crippen molar-refractivity contribution in [2.75, 3.05) is 0 Å².